The van der Waals surface area contributed by atoms with E-state index in [-0.39, 0.29) is 24.7 Å². The van der Waals surface area contributed by atoms with Gasteiger partial charge in [-0.3, -0.25) is 9.46 Å². The predicted octanol–water partition coefficient (Wildman–Crippen LogP) is 2.86. The van der Waals surface area contributed by atoms with Gasteiger partial charge in [-0.25, -0.2) is 9.18 Å². The van der Waals surface area contributed by atoms with Crippen LogP contribution >= 0.6 is 29.1 Å². The molecule has 0 bridgehead atoms. The number of nitrogens with one attached hydrogen (secondary N) is 1. The summed E-state index contributed by atoms with van der Waals surface area (Å²) in [5, 5.41) is 2.33. The molecule has 2 fully saturated rings. The Morgan fingerprint density at radius 3 is 2.65 bits per heavy atom. The van der Waals surface area contributed by atoms with Crippen molar-refractivity contribution in [3.63, 3.8) is 0 Å². The maximum atomic E-state index is 14.8. The average Bonchev–Trinajstić information content (AvgIpc) is 3.27. The van der Waals surface area contributed by atoms with Gasteiger partial charge in [-0.1, -0.05) is 12.1 Å². The largest absolute Gasteiger partial charge is 0.442 e. The number of hydrogen-bond acceptors (Lipinski definition) is 8. The Labute approximate surface area is 221 Å². The van der Waals surface area contributed by atoms with Crippen molar-refractivity contribution in [2.24, 2.45) is 0 Å². The predicted molar refractivity (Wildman–Crippen MR) is 144 cm³/mol. The summed E-state index contributed by atoms with van der Waals surface area (Å²) in [4.78, 5) is 34.2. The Hall–Kier alpha value is -2.33. The number of nitrogens with zero attached hydrogens (tertiary/aromatic N) is 2. The summed E-state index contributed by atoms with van der Waals surface area (Å²) < 4.78 is 42.3. The van der Waals surface area contributed by atoms with E-state index < -0.39 is 40.3 Å². The molecule has 1 amide bonds. The van der Waals surface area contributed by atoms with Crippen LogP contribution in [0.5, 0.6) is 5.75 Å². The third-order valence-electron chi connectivity index (χ3n) is 5.97. The van der Waals surface area contributed by atoms with Crippen LogP contribution in [0.4, 0.5) is 20.6 Å². The quantitative estimate of drug-likeness (QED) is 0.306. The molecule has 2 aliphatic heterocycles. The van der Waals surface area contributed by atoms with Gasteiger partial charge in [-0.15, -0.1) is 0 Å². The van der Waals surface area contributed by atoms with Crippen LogP contribution in [-0.4, -0.2) is 72.0 Å². The van der Waals surface area contributed by atoms with Crippen LogP contribution in [0.2, 0.25) is 0 Å². The highest BCUT2D eigenvalue weighted by molar-refractivity contribution is 7.80. The number of amides is 1. The highest BCUT2D eigenvalue weighted by Gasteiger charge is 2.33. The number of anilines is 2. The number of carbonyl (C=O) groups excluding carboxylic acids is 1. The molecule has 10 nitrogen and oxygen atoms in total. The lowest BCUT2D eigenvalue weighted by Crippen LogP contribution is -2.37. The molecule has 3 N–H and O–H groups in total. The van der Waals surface area contributed by atoms with Gasteiger partial charge in [0.25, 0.3) is 5.17 Å². The first kappa shape index (κ1) is 27.7. The monoisotopic (exact) mass is 571 g/mol. The number of rotatable bonds is 9. The third-order valence-corrected chi connectivity index (χ3v) is 8.64. The van der Waals surface area contributed by atoms with Crippen LogP contribution in [0.25, 0.3) is 0 Å². The van der Waals surface area contributed by atoms with Gasteiger partial charge in [0.05, 0.1) is 43.1 Å². The molecule has 3 unspecified atom stereocenters. The number of halogens is 1. The van der Waals surface area contributed by atoms with Crippen LogP contribution in [0.1, 0.15) is 5.56 Å². The molecule has 4 atom stereocenters. The summed E-state index contributed by atoms with van der Waals surface area (Å²) >= 11 is 5.22. The first-order valence-corrected chi connectivity index (χ1v) is 14.5. The van der Waals surface area contributed by atoms with Gasteiger partial charge in [-0.05, 0) is 54.5 Å². The normalized spacial score (nSPS) is 19.6. The summed E-state index contributed by atoms with van der Waals surface area (Å²) in [6, 6.07) is 11.5. The standard InChI is InChI=1S/C23H28FN3O7P2S/c24-19-12-16(3-6-20(19)26-7-9-32-10-8-26)27-14-18(34-23(27)28)13-25-22(37)33-17-4-1-15(2-5-17)11-21(35-29)36(30)31/h1-6,12,18,21,29,35-36H,7-11,13-14H2,(H,25,37)(H,30,31)/t18-,21?/m0/s1. The van der Waals surface area contributed by atoms with Crippen molar-refractivity contribution >= 4 is 51.7 Å². The number of thiocarbonyl (C=S) groups is 1. The van der Waals surface area contributed by atoms with Gasteiger partial charge < -0.3 is 34.2 Å². The molecule has 0 radical (unpaired) electrons. The molecular formula is C23H28FN3O7P2S. The Morgan fingerprint density at radius 1 is 1.27 bits per heavy atom. The highest BCUT2D eigenvalue weighted by Crippen LogP contribution is 2.37. The van der Waals surface area contributed by atoms with E-state index in [1.54, 1.807) is 36.4 Å². The maximum absolute atomic E-state index is 14.8. The molecule has 37 heavy (non-hydrogen) atoms. The lowest BCUT2D eigenvalue weighted by molar-refractivity contribution is 0.122. The second-order valence-corrected chi connectivity index (χ2v) is 11.8. The number of cyclic esters (lactones) is 1. The molecule has 200 valence electrons. The summed E-state index contributed by atoms with van der Waals surface area (Å²) in [6.07, 6.45) is -0.800. The molecule has 2 aromatic carbocycles. The topological polar surface area (TPSA) is 121 Å². The van der Waals surface area contributed by atoms with Gasteiger partial charge in [0.1, 0.15) is 17.7 Å². The van der Waals surface area contributed by atoms with E-state index in [9.17, 15) is 23.5 Å². The summed E-state index contributed by atoms with van der Waals surface area (Å²) in [6.45, 7) is 2.74. The van der Waals surface area contributed by atoms with Gasteiger partial charge in [-0.2, -0.15) is 0 Å². The summed E-state index contributed by atoms with van der Waals surface area (Å²) in [5.74, 6) is 0.0502. The molecule has 0 spiro atoms. The average molecular weight is 572 g/mol. The van der Waals surface area contributed by atoms with Gasteiger partial charge in [0.2, 0.25) is 0 Å². The number of morpholine rings is 1. The smallest absolute Gasteiger partial charge is 0.414 e. The van der Waals surface area contributed by atoms with E-state index in [1.165, 1.54) is 11.0 Å². The SMILES string of the molecule is O=C1O[C@@H](CNC(=S)Oc2ccc(CC(PO)[PH](=O)O)cc2)CN1c1ccc(N2CCOCC2)c(F)c1. The zero-order chi connectivity index (χ0) is 26.4. The number of ether oxygens (including phenoxy) is 3. The van der Waals surface area contributed by atoms with Crippen LogP contribution < -0.4 is 19.9 Å². The maximum Gasteiger partial charge on any atom is 0.414 e. The van der Waals surface area contributed by atoms with E-state index in [4.69, 9.17) is 26.4 Å². The minimum absolute atomic E-state index is 0.0817. The second kappa shape index (κ2) is 13.0. The van der Waals surface area contributed by atoms with Crippen molar-refractivity contribution in [3.8, 4) is 5.75 Å². The molecule has 0 aliphatic carbocycles. The minimum Gasteiger partial charge on any atom is -0.442 e. The van der Waals surface area contributed by atoms with Crippen molar-refractivity contribution in [2.75, 3.05) is 49.2 Å². The van der Waals surface area contributed by atoms with E-state index >= 15 is 0 Å². The van der Waals surface area contributed by atoms with E-state index in [2.05, 4.69) is 5.32 Å². The molecule has 2 heterocycles. The minimum atomic E-state index is -2.81. The van der Waals surface area contributed by atoms with E-state index in [0.717, 1.165) is 5.56 Å². The third kappa shape index (κ3) is 7.37. The van der Waals surface area contributed by atoms with Crippen molar-refractivity contribution in [3.05, 3.63) is 53.8 Å². The molecule has 2 aromatic rings. The Bertz CT molecular complexity index is 1140. The lowest BCUT2D eigenvalue weighted by atomic mass is 10.2. The summed E-state index contributed by atoms with van der Waals surface area (Å²) in [7, 11) is -3.42. The van der Waals surface area contributed by atoms with Gasteiger partial charge in [0, 0.05) is 21.9 Å². The number of hydrogen-bond donors (Lipinski definition) is 3. The van der Waals surface area contributed by atoms with Crippen LogP contribution in [0, 0.1) is 5.82 Å². The Kier molecular flexibility index (Phi) is 9.70. The molecule has 2 aliphatic rings. The number of carbonyl (C=O) groups is 1. The summed E-state index contributed by atoms with van der Waals surface area (Å²) in [5.41, 5.74) is 1.68. The van der Waals surface area contributed by atoms with Crippen molar-refractivity contribution in [2.45, 2.75) is 17.9 Å². The van der Waals surface area contributed by atoms with E-state index in [0.29, 0.717) is 43.4 Å². The molecule has 0 aromatic heterocycles. The van der Waals surface area contributed by atoms with Crippen LogP contribution in [0.3, 0.4) is 0 Å². The molecule has 4 rings (SSSR count). The van der Waals surface area contributed by atoms with Crippen molar-refractivity contribution in [1.82, 2.24) is 5.32 Å². The van der Waals surface area contributed by atoms with Crippen LogP contribution in [-0.2, 0) is 20.5 Å². The fraction of sp³-hybridized carbons (Fsp3) is 0.391. The Balaban J connectivity index is 1.26. The van der Waals surface area contributed by atoms with E-state index in [1.807, 2.05) is 4.90 Å². The van der Waals surface area contributed by atoms with Gasteiger partial charge in [0.15, 0.2) is 8.03 Å². The van der Waals surface area contributed by atoms with Crippen LogP contribution in [0.15, 0.2) is 42.5 Å². The fourth-order valence-electron chi connectivity index (χ4n) is 4.02. The fourth-order valence-corrected chi connectivity index (χ4v) is 5.38. The lowest BCUT2D eigenvalue weighted by Gasteiger charge is -2.29. The second-order valence-electron chi connectivity index (χ2n) is 8.49. The van der Waals surface area contributed by atoms with Crippen molar-refractivity contribution in [1.29, 1.82) is 0 Å². The molecular weight excluding hydrogens is 543 g/mol. The first-order chi connectivity index (χ1) is 17.8. The molecule has 2 saturated heterocycles. The molecule has 0 saturated carbocycles. The van der Waals surface area contributed by atoms with Gasteiger partial charge >= 0.3 is 6.09 Å². The zero-order valence-electron chi connectivity index (χ0n) is 19.8. The zero-order valence-corrected chi connectivity index (χ0v) is 22.6. The molecule has 14 heteroatoms. The van der Waals surface area contributed by atoms with Crippen molar-refractivity contribution < 1.29 is 37.7 Å². The highest BCUT2D eigenvalue weighted by atomic mass is 32.1. The first-order valence-electron chi connectivity index (χ1n) is 11.6. The Morgan fingerprint density at radius 2 is 2.00 bits per heavy atom. The number of benzene rings is 2.